The maximum atomic E-state index is 5.54. The van der Waals surface area contributed by atoms with Crippen LogP contribution in [0.5, 0.6) is 0 Å². The van der Waals surface area contributed by atoms with Crippen molar-refractivity contribution in [2.75, 3.05) is 7.05 Å². The highest BCUT2D eigenvalue weighted by atomic mass is 15.3. The summed E-state index contributed by atoms with van der Waals surface area (Å²) in [6.45, 7) is 2.18. The molecule has 0 aromatic carbocycles. The van der Waals surface area contributed by atoms with Crippen LogP contribution in [0.25, 0.3) is 0 Å². The van der Waals surface area contributed by atoms with Gasteiger partial charge in [-0.15, -0.1) is 0 Å². The lowest BCUT2D eigenvalue weighted by molar-refractivity contribution is 0.0612. The lowest BCUT2D eigenvalue weighted by Gasteiger charge is -2.41. The van der Waals surface area contributed by atoms with Gasteiger partial charge in [0.1, 0.15) is 0 Å². The summed E-state index contributed by atoms with van der Waals surface area (Å²) in [7, 11) is 2.05. The third-order valence-corrected chi connectivity index (χ3v) is 1.80. The highest BCUT2D eigenvalue weighted by Gasteiger charge is 2.27. The van der Waals surface area contributed by atoms with Gasteiger partial charge >= 0.3 is 0 Å². The van der Waals surface area contributed by atoms with Gasteiger partial charge in [0.15, 0.2) is 0 Å². The zero-order chi connectivity index (χ0) is 5.44. The van der Waals surface area contributed by atoms with Gasteiger partial charge in [-0.3, -0.25) is 4.90 Å². The summed E-state index contributed by atoms with van der Waals surface area (Å²) in [6.07, 6.45) is 1.51. The summed E-state index contributed by atoms with van der Waals surface area (Å²) in [5.74, 6) is 0. The van der Waals surface area contributed by atoms with Crippen LogP contribution in [-0.2, 0) is 0 Å². The minimum atomic E-state index is 0.343. The second kappa shape index (κ2) is 1.46. The molecule has 0 aliphatic carbocycles. The molecule has 1 aliphatic heterocycles. The standard InChI is InChI=1S/C5H12N2/c1-4-3-5(6)7(4)2/h4-5H,3,6H2,1-2H3. The molecule has 2 heteroatoms. The fourth-order valence-corrected chi connectivity index (χ4v) is 0.871. The zero-order valence-electron chi connectivity index (χ0n) is 4.89. The van der Waals surface area contributed by atoms with Crippen molar-refractivity contribution >= 4 is 0 Å². The minimum absolute atomic E-state index is 0.343. The molecule has 0 aromatic rings. The molecule has 2 atom stereocenters. The third-order valence-electron chi connectivity index (χ3n) is 1.80. The smallest absolute Gasteiger partial charge is 0.0586 e. The average Bonchev–Trinajstić information content (AvgIpc) is 1.68. The Bertz CT molecular complexity index is 64.5. The van der Waals surface area contributed by atoms with E-state index >= 15 is 0 Å². The Morgan fingerprint density at radius 1 is 1.71 bits per heavy atom. The van der Waals surface area contributed by atoms with Gasteiger partial charge < -0.3 is 5.73 Å². The molecule has 42 valence electrons. The van der Waals surface area contributed by atoms with E-state index in [4.69, 9.17) is 5.73 Å². The Balaban J connectivity index is 2.29. The average molecular weight is 100 g/mol. The fourth-order valence-electron chi connectivity index (χ4n) is 0.871. The predicted molar refractivity (Wildman–Crippen MR) is 29.8 cm³/mol. The molecule has 1 rings (SSSR count). The first-order valence-corrected chi connectivity index (χ1v) is 2.69. The van der Waals surface area contributed by atoms with Gasteiger partial charge in [-0.1, -0.05) is 0 Å². The van der Waals surface area contributed by atoms with E-state index in [1.54, 1.807) is 0 Å². The molecule has 2 nitrogen and oxygen atoms in total. The quantitative estimate of drug-likeness (QED) is 0.464. The van der Waals surface area contributed by atoms with E-state index in [2.05, 4.69) is 18.9 Å². The summed E-state index contributed by atoms with van der Waals surface area (Å²) >= 11 is 0. The predicted octanol–water partition coefficient (Wildman–Crippen LogP) is -0.00480. The molecule has 0 amide bonds. The van der Waals surface area contributed by atoms with Crippen molar-refractivity contribution in [1.82, 2.24) is 4.90 Å². The van der Waals surface area contributed by atoms with Crippen LogP contribution in [-0.4, -0.2) is 24.2 Å². The molecule has 2 unspecified atom stereocenters. The monoisotopic (exact) mass is 100 g/mol. The molecule has 1 saturated heterocycles. The van der Waals surface area contributed by atoms with Crippen LogP contribution in [0.3, 0.4) is 0 Å². The molecule has 1 heterocycles. The molecule has 7 heavy (non-hydrogen) atoms. The summed E-state index contributed by atoms with van der Waals surface area (Å²) in [5.41, 5.74) is 5.54. The summed E-state index contributed by atoms with van der Waals surface area (Å²) in [4.78, 5) is 2.17. The second-order valence-corrected chi connectivity index (χ2v) is 2.32. The lowest BCUT2D eigenvalue weighted by Crippen LogP contribution is -2.56. The number of hydrogen-bond donors (Lipinski definition) is 1. The largest absolute Gasteiger partial charge is 0.316 e. The minimum Gasteiger partial charge on any atom is -0.316 e. The van der Waals surface area contributed by atoms with Gasteiger partial charge in [0.2, 0.25) is 0 Å². The summed E-state index contributed by atoms with van der Waals surface area (Å²) in [6, 6.07) is 0.718. The van der Waals surface area contributed by atoms with Crippen LogP contribution < -0.4 is 5.73 Å². The lowest BCUT2D eigenvalue weighted by atomic mass is 10.0. The number of nitrogens with zero attached hydrogens (tertiary/aromatic N) is 1. The van der Waals surface area contributed by atoms with Crippen LogP contribution >= 0.6 is 0 Å². The van der Waals surface area contributed by atoms with Crippen molar-refractivity contribution in [3.8, 4) is 0 Å². The zero-order valence-corrected chi connectivity index (χ0v) is 4.89. The van der Waals surface area contributed by atoms with Crippen LogP contribution in [0.4, 0.5) is 0 Å². The first-order chi connectivity index (χ1) is 3.22. The first-order valence-electron chi connectivity index (χ1n) is 2.69. The van der Waals surface area contributed by atoms with Crippen molar-refractivity contribution in [2.45, 2.75) is 25.6 Å². The van der Waals surface area contributed by atoms with Gasteiger partial charge in [-0.05, 0) is 20.4 Å². The van der Waals surface area contributed by atoms with Crippen LogP contribution in [0, 0.1) is 0 Å². The molecule has 0 saturated carbocycles. The van der Waals surface area contributed by atoms with Crippen molar-refractivity contribution < 1.29 is 0 Å². The van der Waals surface area contributed by atoms with E-state index in [1.165, 1.54) is 0 Å². The van der Waals surface area contributed by atoms with Crippen molar-refractivity contribution in [1.29, 1.82) is 0 Å². The molecule has 0 spiro atoms. The van der Waals surface area contributed by atoms with Gasteiger partial charge in [0, 0.05) is 6.04 Å². The molecule has 2 N–H and O–H groups in total. The highest BCUT2D eigenvalue weighted by molar-refractivity contribution is 4.82. The van der Waals surface area contributed by atoms with Crippen LogP contribution in [0.15, 0.2) is 0 Å². The molecule has 1 aliphatic rings. The Morgan fingerprint density at radius 3 is 2.29 bits per heavy atom. The topological polar surface area (TPSA) is 29.3 Å². The van der Waals surface area contributed by atoms with Crippen molar-refractivity contribution in [3.63, 3.8) is 0 Å². The second-order valence-electron chi connectivity index (χ2n) is 2.32. The van der Waals surface area contributed by atoms with Crippen molar-refractivity contribution in [3.05, 3.63) is 0 Å². The summed E-state index contributed by atoms with van der Waals surface area (Å²) in [5, 5.41) is 0. The highest BCUT2D eigenvalue weighted by Crippen LogP contribution is 2.17. The summed E-state index contributed by atoms with van der Waals surface area (Å²) < 4.78 is 0. The van der Waals surface area contributed by atoms with Crippen LogP contribution in [0.1, 0.15) is 13.3 Å². The van der Waals surface area contributed by atoms with E-state index in [1.807, 2.05) is 0 Å². The maximum Gasteiger partial charge on any atom is 0.0586 e. The van der Waals surface area contributed by atoms with E-state index in [0.717, 1.165) is 12.5 Å². The van der Waals surface area contributed by atoms with E-state index in [9.17, 15) is 0 Å². The maximum absolute atomic E-state index is 5.54. The number of hydrogen-bond acceptors (Lipinski definition) is 2. The fraction of sp³-hybridized carbons (Fsp3) is 1.00. The molecular formula is C5H12N2. The normalized spacial score (nSPS) is 43.3. The Labute approximate surface area is 44.3 Å². The Kier molecular flexibility index (Phi) is 1.05. The van der Waals surface area contributed by atoms with Crippen LogP contribution in [0.2, 0.25) is 0 Å². The van der Waals surface area contributed by atoms with Gasteiger partial charge in [-0.2, -0.15) is 0 Å². The molecular weight excluding hydrogens is 88.1 g/mol. The molecule has 0 radical (unpaired) electrons. The van der Waals surface area contributed by atoms with Gasteiger partial charge in [-0.25, -0.2) is 0 Å². The Hall–Kier alpha value is -0.0800. The van der Waals surface area contributed by atoms with E-state index in [0.29, 0.717) is 6.17 Å². The first kappa shape index (κ1) is 5.06. The molecule has 0 aromatic heterocycles. The van der Waals surface area contributed by atoms with Gasteiger partial charge in [0.05, 0.1) is 6.17 Å². The number of nitrogens with two attached hydrogens (primary N) is 1. The van der Waals surface area contributed by atoms with Crippen molar-refractivity contribution in [2.24, 2.45) is 5.73 Å². The number of rotatable bonds is 0. The number of likely N-dealkylation sites (tertiary alicyclic amines) is 1. The molecule has 1 fully saturated rings. The van der Waals surface area contributed by atoms with Gasteiger partial charge in [0.25, 0.3) is 0 Å². The van der Waals surface area contributed by atoms with E-state index in [-0.39, 0.29) is 0 Å². The SMILES string of the molecule is CC1CC(N)N1C. The Morgan fingerprint density at radius 2 is 2.29 bits per heavy atom. The third kappa shape index (κ3) is 0.640. The van der Waals surface area contributed by atoms with E-state index < -0.39 is 0 Å². The molecule has 0 bridgehead atoms.